The van der Waals surface area contributed by atoms with Crippen LogP contribution in [-0.2, 0) is 19.2 Å². The fourth-order valence-corrected chi connectivity index (χ4v) is 2.30. The molecule has 0 radical (unpaired) electrons. The van der Waals surface area contributed by atoms with E-state index in [4.69, 9.17) is 20.4 Å². The summed E-state index contributed by atoms with van der Waals surface area (Å²) in [5.41, 5.74) is 0. The fourth-order valence-electron chi connectivity index (χ4n) is 2.30. The van der Waals surface area contributed by atoms with Crippen molar-refractivity contribution in [3.8, 4) is 0 Å². The van der Waals surface area contributed by atoms with Gasteiger partial charge in [-0.15, -0.1) is 0 Å². The van der Waals surface area contributed by atoms with Crippen molar-refractivity contribution < 1.29 is 39.6 Å². The molecule has 8 heteroatoms. The Morgan fingerprint density at radius 3 is 0.833 bits per heavy atom. The Labute approximate surface area is 101 Å². The SMILES string of the molecule is O=C(O)[C@H]1C[C@@H](C(=O)O)[C@H](C(=O)O)C[C@H]1C(=O)O. The van der Waals surface area contributed by atoms with Crippen LogP contribution in [0.3, 0.4) is 0 Å². The standard InChI is InChI=1S/C10H12O8/c11-7(12)3-1-4(8(13)14)6(10(17)18)2-5(3)9(15)16/h3-6H,1-2H2,(H,11,12)(H,13,14)(H,15,16)(H,17,18)/t3-,4-,5-,6+/m1/s1. The lowest BCUT2D eigenvalue weighted by molar-refractivity contribution is -0.167. The van der Waals surface area contributed by atoms with Gasteiger partial charge in [0, 0.05) is 0 Å². The highest BCUT2D eigenvalue weighted by Gasteiger charge is 2.49. The van der Waals surface area contributed by atoms with Gasteiger partial charge in [-0.05, 0) is 12.8 Å². The Bertz CT molecular complexity index is 327. The number of carboxylic acid groups (broad SMARTS) is 4. The second-order valence-corrected chi connectivity index (χ2v) is 4.25. The van der Waals surface area contributed by atoms with Crippen LogP contribution in [0.4, 0.5) is 0 Å². The van der Waals surface area contributed by atoms with Gasteiger partial charge in [0.05, 0.1) is 23.7 Å². The zero-order valence-corrected chi connectivity index (χ0v) is 9.15. The summed E-state index contributed by atoms with van der Waals surface area (Å²) in [4.78, 5) is 43.6. The van der Waals surface area contributed by atoms with Crippen molar-refractivity contribution in [3.63, 3.8) is 0 Å². The minimum absolute atomic E-state index is 0.487. The van der Waals surface area contributed by atoms with Crippen molar-refractivity contribution in [2.75, 3.05) is 0 Å². The lowest BCUT2D eigenvalue weighted by atomic mass is 9.68. The van der Waals surface area contributed by atoms with E-state index in [1.165, 1.54) is 0 Å². The molecule has 0 amide bonds. The van der Waals surface area contributed by atoms with Crippen LogP contribution >= 0.6 is 0 Å². The van der Waals surface area contributed by atoms with Crippen molar-refractivity contribution in [1.82, 2.24) is 0 Å². The van der Waals surface area contributed by atoms with Gasteiger partial charge < -0.3 is 20.4 Å². The third-order valence-corrected chi connectivity index (χ3v) is 3.26. The number of carbonyl (C=O) groups is 4. The Balaban J connectivity index is 3.06. The Morgan fingerprint density at radius 1 is 0.556 bits per heavy atom. The van der Waals surface area contributed by atoms with Gasteiger partial charge in [-0.3, -0.25) is 19.2 Å². The molecule has 0 aromatic carbocycles. The summed E-state index contributed by atoms with van der Waals surface area (Å²) < 4.78 is 0. The molecule has 1 rings (SSSR count). The second kappa shape index (κ2) is 5.03. The first-order valence-corrected chi connectivity index (χ1v) is 5.17. The van der Waals surface area contributed by atoms with Gasteiger partial charge in [-0.25, -0.2) is 0 Å². The summed E-state index contributed by atoms with van der Waals surface area (Å²) in [6, 6.07) is 0. The highest BCUT2D eigenvalue weighted by Crippen LogP contribution is 2.38. The van der Waals surface area contributed by atoms with Gasteiger partial charge in [-0.2, -0.15) is 0 Å². The van der Waals surface area contributed by atoms with Crippen LogP contribution in [0.5, 0.6) is 0 Å². The van der Waals surface area contributed by atoms with E-state index in [1.807, 2.05) is 0 Å². The maximum Gasteiger partial charge on any atom is 0.307 e. The molecule has 1 aliphatic rings. The Hall–Kier alpha value is -2.12. The molecule has 0 heterocycles. The summed E-state index contributed by atoms with van der Waals surface area (Å²) in [5.74, 6) is -11.2. The first kappa shape index (κ1) is 13.9. The molecule has 100 valence electrons. The summed E-state index contributed by atoms with van der Waals surface area (Å²) in [5, 5.41) is 35.5. The molecule has 0 aliphatic heterocycles. The second-order valence-electron chi connectivity index (χ2n) is 4.25. The number of carboxylic acids is 4. The lowest BCUT2D eigenvalue weighted by Gasteiger charge is -2.33. The average Bonchev–Trinajstić information content (AvgIpc) is 2.26. The number of aliphatic carboxylic acids is 4. The normalized spacial score (nSPS) is 31.6. The molecule has 0 bridgehead atoms. The van der Waals surface area contributed by atoms with E-state index >= 15 is 0 Å². The van der Waals surface area contributed by atoms with Crippen molar-refractivity contribution >= 4 is 23.9 Å². The summed E-state index contributed by atoms with van der Waals surface area (Å²) in [6.45, 7) is 0. The highest BCUT2D eigenvalue weighted by molar-refractivity contribution is 5.85. The molecular formula is C10H12O8. The summed E-state index contributed by atoms with van der Waals surface area (Å²) in [6.07, 6.45) is -0.975. The van der Waals surface area contributed by atoms with E-state index in [9.17, 15) is 19.2 Å². The Kier molecular flexibility index (Phi) is 3.89. The minimum Gasteiger partial charge on any atom is -0.481 e. The van der Waals surface area contributed by atoms with Crippen molar-refractivity contribution in [2.45, 2.75) is 12.8 Å². The molecule has 0 aromatic heterocycles. The predicted octanol–water partition coefficient (Wildman–Crippen LogP) is -0.417. The van der Waals surface area contributed by atoms with Gasteiger partial charge in [0.1, 0.15) is 0 Å². The zero-order valence-electron chi connectivity index (χ0n) is 9.15. The molecule has 4 N–H and O–H groups in total. The monoisotopic (exact) mass is 260 g/mol. The molecule has 0 saturated heterocycles. The largest absolute Gasteiger partial charge is 0.481 e. The third-order valence-electron chi connectivity index (χ3n) is 3.26. The number of hydrogen-bond donors (Lipinski definition) is 4. The van der Waals surface area contributed by atoms with Crippen LogP contribution in [0.2, 0.25) is 0 Å². The smallest absolute Gasteiger partial charge is 0.307 e. The van der Waals surface area contributed by atoms with Gasteiger partial charge >= 0.3 is 23.9 Å². The van der Waals surface area contributed by atoms with Crippen LogP contribution in [0.25, 0.3) is 0 Å². The van der Waals surface area contributed by atoms with Crippen molar-refractivity contribution in [3.05, 3.63) is 0 Å². The van der Waals surface area contributed by atoms with E-state index in [0.717, 1.165) is 0 Å². The predicted molar refractivity (Wildman–Crippen MR) is 53.7 cm³/mol. The molecule has 1 aliphatic carbocycles. The minimum atomic E-state index is -1.42. The lowest BCUT2D eigenvalue weighted by Crippen LogP contribution is -2.44. The molecule has 4 atom stereocenters. The molecular weight excluding hydrogens is 248 g/mol. The quantitative estimate of drug-likeness (QED) is 0.532. The van der Waals surface area contributed by atoms with Crippen molar-refractivity contribution in [1.29, 1.82) is 0 Å². The Morgan fingerprint density at radius 2 is 0.722 bits per heavy atom. The molecule has 0 unspecified atom stereocenters. The van der Waals surface area contributed by atoms with Gasteiger partial charge in [0.15, 0.2) is 0 Å². The van der Waals surface area contributed by atoms with E-state index in [0.29, 0.717) is 0 Å². The maximum atomic E-state index is 10.9. The van der Waals surface area contributed by atoms with Crippen molar-refractivity contribution in [2.24, 2.45) is 23.7 Å². The first-order chi connectivity index (χ1) is 8.25. The van der Waals surface area contributed by atoms with Gasteiger partial charge in [0.2, 0.25) is 0 Å². The van der Waals surface area contributed by atoms with Crippen LogP contribution < -0.4 is 0 Å². The first-order valence-electron chi connectivity index (χ1n) is 5.17. The van der Waals surface area contributed by atoms with E-state index in [1.54, 1.807) is 0 Å². The molecule has 0 spiro atoms. The van der Waals surface area contributed by atoms with E-state index < -0.39 is 60.4 Å². The molecule has 18 heavy (non-hydrogen) atoms. The topological polar surface area (TPSA) is 149 Å². The van der Waals surface area contributed by atoms with Crippen LogP contribution in [-0.4, -0.2) is 44.3 Å². The van der Waals surface area contributed by atoms with Gasteiger partial charge in [0.25, 0.3) is 0 Å². The molecule has 1 fully saturated rings. The van der Waals surface area contributed by atoms with Crippen LogP contribution in [0.1, 0.15) is 12.8 Å². The highest BCUT2D eigenvalue weighted by atomic mass is 16.4. The van der Waals surface area contributed by atoms with Gasteiger partial charge in [-0.1, -0.05) is 0 Å². The number of hydrogen-bond acceptors (Lipinski definition) is 4. The molecule has 8 nitrogen and oxygen atoms in total. The molecule has 1 saturated carbocycles. The average molecular weight is 260 g/mol. The number of rotatable bonds is 4. The summed E-state index contributed by atoms with van der Waals surface area (Å²) in [7, 11) is 0. The van der Waals surface area contributed by atoms with Crippen LogP contribution in [0, 0.1) is 23.7 Å². The molecule has 0 aromatic rings. The fraction of sp³-hybridized carbons (Fsp3) is 0.600. The third kappa shape index (κ3) is 2.58. The maximum absolute atomic E-state index is 10.9. The van der Waals surface area contributed by atoms with E-state index in [-0.39, 0.29) is 0 Å². The summed E-state index contributed by atoms with van der Waals surface area (Å²) >= 11 is 0. The van der Waals surface area contributed by atoms with E-state index in [2.05, 4.69) is 0 Å². The van der Waals surface area contributed by atoms with Crippen LogP contribution in [0.15, 0.2) is 0 Å². The zero-order chi connectivity index (χ0) is 14.0.